The maximum atomic E-state index is 12.0. The predicted octanol–water partition coefficient (Wildman–Crippen LogP) is 3.61. The van der Waals surface area contributed by atoms with Crippen LogP contribution in [0.2, 0.25) is 10.0 Å². The number of esters is 1. The number of hydrogen-bond donors (Lipinski definition) is 1. The first-order valence-corrected chi connectivity index (χ1v) is 7.79. The molecular formula is C15H9Cl2N3O7. The second-order valence-corrected chi connectivity index (χ2v) is 5.78. The molecule has 27 heavy (non-hydrogen) atoms. The van der Waals surface area contributed by atoms with Gasteiger partial charge in [0.1, 0.15) is 0 Å². The number of benzene rings is 2. The monoisotopic (exact) mass is 413 g/mol. The molecule has 0 atom stereocenters. The van der Waals surface area contributed by atoms with E-state index in [9.17, 15) is 29.8 Å². The smallest absolute Gasteiger partial charge is 0.340 e. The van der Waals surface area contributed by atoms with Crippen LogP contribution in [0.4, 0.5) is 17.1 Å². The fraction of sp³-hybridized carbons (Fsp3) is 0.0667. The number of carbonyl (C=O) groups excluding carboxylic acids is 2. The van der Waals surface area contributed by atoms with Crippen LogP contribution in [0.1, 0.15) is 10.4 Å². The number of nitro benzene ring substituents is 2. The molecule has 0 heterocycles. The Labute approximate surface area is 160 Å². The third-order valence-electron chi connectivity index (χ3n) is 3.15. The SMILES string of the molecule is O=C(COC(=O)c1cc([N+](=O)[O-])ccc1Cl)Nc1ccc([N+](=O)[O-])cc1Cl. The first-order chi connectivity index (χ1) is 12.7. The Hall–Kier alpha value is -3.24. The second-order valence-electron chi connectivity index (χ2n) is 4.97. The van der Waals surface area contributed by atoms with Gasteiger partial charge in [0, 0.05) is 24.3 Å². The lowest BCUT2D eigenvalue weighted by molar-refractivity contribution is -0.385. The van der Waals surface area contributed by atoms with Gasteiger partial charge in [-0.1, -0.05) is 23.2 Å². The molecule has 2 aromatic carbocycles. The van der Waals surface area contributed by atoms with Crippen molar-refractivity contribution in [3.63, 3.8) is 0 Å². The van der Waals surface area contributed by atoms with Gasteiger partial charge in [0.2, 0.25) is 0 Å². The number of anilines is 1. The molecule has 0 aliphatic carbocycles. The van der Waals surface area contributed by atoms with Gasteiger partial charge < -0.3 is 10.1 Å². The summed E-state index contributed by atoms with van der Waals surface area (Å²) in [5.74, 6) is -1.81. The van der Waals surface area contributed by atoms with Crippen molar-refractivity contribution in [2.75, 3.05) is 11.9 Å². The number of hydrogen-bond acceptors (Lipinski definition) is 7. The number of ether oxygens (including phenoxy) is 1. The number of halogens is 2. The van der Waals surface area contributed by atoms with Gasteiger partial charge in [-0.3, -0.25) is 25.0 Å². The van der Waals surface area contributed by atoms with Crippen LogP contribution in [-0.4, -0.2) is 28.3 Å². The number of nitrogens with one attached hydrogen (secondary N) is 1. The van der Waals surface area contributed by atoms with E-state index in [4.69, 9.17) is 27.9 Å². The largest absolute Gasteiger partial charge is 0.452 e. The van der Waals surface area contributed by atoms with E-state index in [1.165, 1.54) is 6.07 Å². The van der Waals surface area contributed by atoms with Gasteiger partial charge in [0.05, 0.1) is 31.1 Å². The normalized spacial score (nSPS) is 10.1. The van der Waals surface area contributed by atoms with E-state index in [0.717, 1.165) is 30.3 Å². The standard InChI is InChI=1S/C15H9Cl2N3O7/c16-11-3-1-8(19(23)24)5-10(11)15(22)27-7-14(21)18-13-4-2-9(20(25)26)6-12(13)17/h1-6H,7H2,(H,18,21). The van der Waals surface area contributed by atoms with Crippen LogP contribution >= 0.6 is 23.2 Å². The molecule has 0 aromatic heterocycles. The molecule has 0 aliphatic heterocycles. The fourth-order valence-electron chi connectivity index (χ4n) is 1.90. The maximum Gasteiger partial charge on any atom is 0.340 e. The lowest BCUT2D eigenvalue weighted by atomic mass is 10.2. The Morgan fingerprint density at radius 2 is 1.56 bits per heavy atom. The lowest BCUT2D eigenvalue weighted by Crippen LogP contribution is -2.21. The summed E-state index contributed by atoms with van der Waals surface area (Å²) in [5, 5.41) is 23.5. The molecule has 1 amide bonds. The fourth-order valence-corrected chi connectivity index (χ4v) is 2.31. The molecular weight excluding hydrogens is 405 g/mol. The second kappa shape index (κ2) is 8.43. The van der Waals surface area contributed by atoms with Gasteiger partial charge in [-0.2, -0.15) is 0 Å². The summed E-state index contributed by atoms with van der Waals surface area (Å²) in [4.78, 5) is 43.9. The van der Waals surface area contributed by atoms with Crippen molar-refractivity contribution in [2.45, 2.75) is 0 Å². The highest BCUT2D eigenvalue weighted by molar-refractivity contribution is 6.34. The molecule has 2 aromatic rings. The average Bonchev–Trinajstić information content (AvgIpc) is 2.61. The molecule has 1 N–H and O–H groups in total. The zero-order valence-corrected chi connectivity index (χ0v) is 14.7. The van der Waals surface area contributed by atoms with Gasteiger partial charge in [-0.15, -0.1) is 0 Å². The third kappa shape index (κ3) is 5.12. The molecule has 0 bridgehead atoms. The van der Waals surface area contributed by atoms with E-state index in [0.29, 0.717) is 0 Å². The number of rotatable bonds is 6. The van der Waals surface area contributed by atoms with Gasteiger partial charge in [-0.05, 0) is 12.1 Å². The van der Waals surface area contributed by atoms with Crippen LogP contribution in [0.25, 0.3) is 0 Å². The van der Waals surface area contributed by atoms with E-state index in [-0.39, 0.29) is 32.7 Å². The van der Waals surface area contributed by atoms with E-state index >= 15 is 0 Å². The molecule has 0 radical (unpaired) electrons. The molecule has 0 fully saturated rings. The number of nitrogens with zero attached hydrogens (tertiary/aromatic N) is 2. The molecule has 0 saturated carbocycles. The highest BCUT2D eigenvalue weighted by Crippen LogP contribution is 2.26. The Bertz CT molecular complexity index is 949. The van der Waals surface area contributed by atoms with Crippen molar-refractivity contribution in [3.05, 3.63) is 72.2 Å². The molecule has 12 heteroatoms. The van der Waals surface area contributed by atoms with Crippen molar-refractivity contribution >= 4 is 52.1 Å². The van der Waals surface area contributed by atoms with Crippen LogP contribution in [0.15, 0.2) is 36.4 Å². The van der Waals surface area contributed by atoms with Crippen LogP contribution in [-0.2, 0) is 9.53 Å². The highest BCUT2D eigenvalue weighted by atomic mass is 35.5. The van der Waals surface area contributed by atoms with Crippen LogP contribution in [0.3, 0.4) is 0 Å². The minimum atomic E-state index is -1.03. The summed E-state index contributed by atoms with van der Waals surface area (Å²) >= 11 is 11.6. The van der Waals surface area contributed by atoms with Gasteiger partial charge >= 0.3 is 5.97 Å². The topological polar surface area (TPSA) is 142 Å². The molecule has 0 unspecified atom stereocenters. The van der Waals surface area contributed by atoms with Crippen LogP contribution in [0, 0.1) is 20.2 Å². The summed E-state index contributed by atoms with van der Waals surface area (Å²) in [5.41, 5.74) is -0.818. The number of non-ortho nitro benzene ring substituents is 2. The van der Waals surface area contributed by atoms with Crippen molar-refractivity contribution in [2.24, 2.45) is 0 Å². The number of carbonyl (C=O) groups is 2. The summed E-state index contributed by atoms with van der Waals surface area (Å²) < 4.78 is 4.77. The first-order valence-electron chi connectivity index (χ1n) is 7.04. The molecule has 0 spiro atoms. The third-order valence-corrected chi connectivity index (χ3v) is 3.79. The number of amides is 1. The van der Waals surface area contributed by atoms with E-state index in [2.05, 4.69) is 5.32 Å². The van der Waals surface area contributed by atoms with Gasteiger partial charge in [0.25, 0.3) is 17.3 Å². The van der Waals surface area contributed by atoms with Gasteiger partial charge in [-0.25, -0.2) is 4.79 Å². The summed E-state index contributed by atoms with van der Waals surface area (Å²) in [6.45, 7) is -0.731. The Kier molecular flexibility index (Phi) is 6.27. The minimum Gasteiger partial charge on any atom is -0.452 e. The van der Waals surface area contributed by atoms with E-state index in [1.807, 2.05) is 0 Å². The minimum absolute atomic E-state index is 0.0781. The first kappa shape index (κ1) is 20.1. The predicted molar refractivity (Wildman–Crippen MR) is 95.1 cm³/mol. The van der Waals surface area contributed by atoms with Crippen molar-refractivity contribution in [3.8, 4) is 0 Å². The average molecular weight is 414 g/mol. The van der Waals surface area contributed by atoms with Crippen molar-refractivity contribution in [1.29, 1.82) is 0 Å². The summed E-state index contributed by atoms with van der Waals surface area (Å²) in [7, 11) is 0. The van der Waals surface area contributed by atoms with E-state index < -0.39 is 28.3 Å². The summed E-state index contributed by atoms with van der Waals surface area (Å²) in [6, 6.07) is 6.60. The van der Waals surface area contributed by atoms with Crippen molar-refractivity contribution < 1.29 is 24.2 Å². The molecule has 0 saturated heterocycles. The zero-order chi connectivity index (χ0) is 20.1. The summed E-state index contributed by atoms with van der Waals surface area (Å²) in [6.07, 6.45) is 0. The highest BCUT2D eigenvalue weighted by Gasteiger charge is 2.19. The molecule has 2 rings (SSSR count). The zero-order valence-electron chi connectivity index (χ0n) is 13.2. The quantitative estimate of drug-likeness (QED) is 0.432. The molecule has 10 nitrogen and oxygen atoms in total. The lowest BCUT2D eigenvalue weighted by Gasteiger charge is -2.08. The Morgan fingerprint density at radius 3 is 2.15 bits per heavy atom. The number of nitro groups is 2. The van der Waals surface area contributed by atoms with Crippen molar-refractivity contribution in [1.82, 2.24) is 0 Å². The molecule has 0 aliphatic rings. The molecule has 140 valence electrons. The van der Waals surface area contributed by atoms with Crippen LogP contribution < -0.4 is 5.32 Å². The van der Waals surface area contributed by atoms with Crippen LogP contribution in [0.5, 0.6) is 0 Å². The maximum absolute atomic E-state index is 12.0. The van der Waals surface area contributed by atoms with Gasteiger partial charge in [0.15, 0.2) is 6.61 Å². The Balaban J connectivity index is 2.01. The van der Waals surface area contributed by atoms with E-state index in [1.54, 1.807) is 0 Å². The Morgan fingerprint density at radius 1 is 0.963 bits per heavy atom.